The Hall–Kier alpha value is -3.92. The summed E-state index contributed by atoms with van der Waals surface area (Å²) in [4.78, 5) is 12.8. The zero-order valence-electron chi connectivity index (χ0n) is 17.4. The molecule has 7 heteroatoms. The zero-order valence-corrected chi connectivity index (χ0v) is 17.4. The molecule has 7 nitrogen and oxygen atoms in total. The lowest BCUT2D eigenvalue weighted by Gasteiger charge is -2.23. The van der Waals surface area contributed by atoms with Gasteiger partial charge in [0.05, 0.1) is 31.2 Å². The van der Waals surface area contributed by atoms with Gasteiger partial charge in [-0.3, -0.25) is 4.79 Å². The molecule has 0 amide bonds. The molecule has 2 aromatic carbocycles. The van der Waals surface area contributed by atoms with E-state index in [-0.39, 0.29) is 12.6 Å². The molecule has 156 valence electrons. The summed E-state index contributed by atoms with van der Waals surface area (Å²) >= 11 is 0. The summed E-state index contributed by atoms with van der Waals surface area (Å²) < 4.78 is 23.8. The number of carbonyl (C=O) groups excluding carboxylic acids is 1. The van der Waals surface area contributed by atoms with Crippen LogP contribution in [0.1, 0.15) is 28.5 Å². The second-order valence-electron chi connectivity index (χ2n) is 7.45. The molecular weight excluding hydrogens is 396 g/mol. The van der Waals surface area contributed by atoms with E-state index in [1.54, 1.807) is 20.3 Å². The van der Waals surface area contributed by atoms with Crippen molar-refractivity contribution < 1.29 is 23.7 Å². The second-order valence-corrected chi connectivity index (χ2v) is 7.45. The highest BCUT2D eigenvalue weighted by molar-refractivity contribution is 6.04. The predicted molar refractivity (Wildman–Crippen MR) is 113 cm³/mol. The highest BCUT2D eigenvalue weighted by atomic mass is 16.7. The maximum Gasteiger partial charge on any atom is 0.231 e. The smallest absolute Gasteiger partial charge is 0.231 e. The number of Topliss-reactive ketones (excluding diaryl/α,β-unsaturated/α-hetero) is 1. The van der Waals surface area contributed by atoms with Crippen LogP contribution >= 0.6 is 0 Å². The van der Waals surface area contributed by atoms with Gasteiger partial charge < -0.3 is 23.5 Å². The maximum atomic E-state index is 12.8. The van der Waals surface area contributed by atoms with Crippen LogP contribution in [0.2, 0.25) is 0 Å². The normalized spacial score (nSPS) is 13.2. The number of ketones is 1. The number of rotatable bonds is 4. The summed E-state index contributed by atoms with van der Waals surface area (Å²) in [7, 11) is 3.18. The first-order chi connectivity index (χ1) is 15.1. The van der Waals surface area contributed by atoms with Gasteiger partial charge >= 0.3 is 0 Å². The summed E-state index contributed by atoms with van der Waals surface area (Å²) in [5.41, 5.74) is 4.98. The summed E-state index contributed by atoms with van der Waals surface area (Å²) in [6.45, 7) is 2.28. The monoisotopic (exact) mass is 416 g/mol. The number of methoxy groups -OCH3 is 2. The van der Waals surface area contributed by atoms with E-state index in [1.807, 2.05) is 28.8 Å². The lowest BCUT2D eigenvalue weighted by atomic mass is 9.93. The van der Waals surface area contributed by atoms with Gasteiger partial charge in [-0.2, -0.15) is 5.26 Å². The van der Waals surface area contributed by atoms with Crippen LogP contribution in [0.3, 0.4) is 0 Å². The van der Waals surface area contributed by atoms with Gasteiger partial charge in [0.1, 0.15) is 6.07 Å². The SMILES string of the molecule is COc1cc2c(cc1OC)-c1c(C#N)c(-c3ccc4c(c3)OCO4)c(C(C)=O)n1CC2. The van der Waals surface area contributed by atoms with Crippen molar-refractivity contribution in [2.75, 3.05) is 21.0 Å². The molecule has 2 aliphatic heterocycles. The minimum absolute atomic E-state index is 0.0978. The molecule has 0 bridgehead atoms. The Kier molecular flexibility index (Phi) is 4.36. The minimum Gasteiger partial charge on any atom is -0.493 e. The molecule has 31 heavy (non-hydrogen) atoms. The quantitative estimate of drug-likeness (QED) is 0.593. The van der Waals surface area contributed by atoms with Crippen LogP contribution in [0.5, 0.6) is 23.0 Å². The number of benzene rings is 2. The van der Waals surface area contributed by atoms with Crippen LogP contribution < -0.4 is 18.9 Å². The minimum atomic E-state index is -0.0978. The topological polar surface area (TPSA) is 82.7 Å². The zero-order chi connectivity index (χ0) is 21.7. The van der Waals surface area contributed by atoms with E-state index >= 15 is 0 Å². The Bertz CT molecular complexity index is 1280. The van der Waals surface area contributed by atoms with E-state index in [0.29, 0.717) is 52.8 Å². The van der Waals surface area contributed by atoms with Gasteiger partial charge in [0.2, 0.25) is 6.79 Å². The van der Waals surface area contributed by atoms with Crippen LogP contribution in [0.15, 0.2) is 30.3 Å². The number of aryl methyl sites for hydroxylation is 1. The van der Waals surface area contributed by atoms with Crippen LogP contribution in [0.4, 0.5) is 0 Å². The first kappa shape index (κ1) is 19.1. The molecule has 0 fully saturated rings. The number of carbonyl (C=O) groups is 1. The number of ether oxygens (including phenoxy) is 4. The van der Waals surface area contributed by atoms with Crippen LogP contribution in [0, 0.1) is 11.3 Å². The summed E-state index contributed by atoms with van der Waals surface area (Å²) in [5, 5.41) is 10.2. The highest BCUT2D eigenvalue weighted by Crippen LogP contribution is 2.46. The molecule has 1 aromatic heterocycles. The van der Waals surface area contributed by atoms with E-state index in [2.05, 4.69) is 6.07 Å². The lowest BCUT2D eigenvalue weighted by Crippen LogP contribution is -2.15. The molecule has 0 aliphatic carbocycles. The van der Waals surface area contributed by atoms with Crippen LogP contribution in [-0.2, 0) is 13.0 Å². The van der Waals surface area contributed by atoms with Gasteiger partial charge in [0.15, 0.2) is 28.8 Å². The lowest BCUT2D eigenvalue weighted by molar-refractivity contribution is 0.100. The second kappa shape index (κ2) is 7.10. The number of nitriles is 1. The first-order valence-corrected chi connectivity index (χ1v) is 9.90. The van der Waals surface area contributed by atoms with Crippen molar-refractivity contribution in [3.05, 3.63) is 47.2 Å². The molecule has 0 spiro atoms. The maximum absolute atomic E-state index is 12.8. The Labute approximate surface area is 179 Å². The van der Waals surface area contributed by atoms with Crippen molar-refractivity contribution in [1.82, 2.24) is 4.57 Å². The Morgan fingerprint density at radius 3 is 2.55 bits per heavy atom. The predicted octanol–water partition coefficient (Wildman–Crippen LogP) is 4.20. The molecule has 0 radical (unpaired) electrons. The molecule has 0 saturated carbocycles. The molecule has 0 N–H and O–H groups in total. The summed E-state index contributed by atoms with van der Waals surface area (Å²) in [6, 6.07) is 11.7. The van der Waals surface area contributed by atoms with Crippen molar-refractivity contribution in [2.45, 2.75) is 19.9 Å². The van der Waals surface area contributed by atoms with Gasteiger partial charge in [-0.1, -0.05) is 6.07 Å². The average molecular weight is 416 g/mol. The Morgan fingerprint density at radius 1 is 1.10 bits per heavy atom. The van der Waals surface area contributed by atoms with Gasteiger partial charge in [-0.05, 0) is 41.8 Å². The Balaban J connectivity index is 1.81. The van der Waals surface area contributed by atoms with Crippen LogP contribution in [-0.4, -0.2) is 31.4 Å². The fraction of sp³-hybridized carbons (Fsp3) is 0.250. The van der Waals surface area contributed by atoms with Crippen molar-refractivity contribution in [3.8, 4) is 51.5 Å². The molecule has 0 atom stereocenters. The molecule has 3 heterocycles. The number of aromatic nitrogens is 1. The fourth-order valence-corrected chi connectivity index (χ4v) is 4.51. The van der Waals surface area contributed by atoms with E-state index < -0.39 is 0 Å². The summed E-state index contributed by atoms with van der Waals surface area (Å²) in [5.74, 6) is 2.38. The largest absolute Gasteiger partial charge is 0.493 e. The van der Waals surface area contributed by atoms with Gasteiger partial charge in [-0.15, -0.1) is 0 Å². The number of fused-ring (bicyclic) bond motifs is 4. The van der Waals surface area contributed by atoms with Gasteiger partial charge in [0, 0.05) is 24.6 Å². The van der Waals surface area contributed by atoms with E-state index in [0.717, 1.165) is 22.4 Å². The fourth-order valence-electron chi connectivity index (χ4n) is 4.51. The molecule has 0 unspecified atom stereocenters. The number of hydrogen-bond donors (Lipinski definition) is 0. The molecule has 0 saturated heterocycles. The number of nitrogens with zero attached hydrogens (tertiary/aromatic N) is 2. The highest BCUT2D eigenvalue weighted by Gasteiger charge is 2.32. The average Bonchev–Trinajstić information content (AvgIpc) is 3.39. The molecule has 3 aromatic rings. The number of hydrogen-bond acceptors (Lipinski definition) is 6. The standard InChI is InChI=1S/C24H20N2O5/c1-13(27)23-22(15-4-5-18-21(9-15)31-12-30-18)17(11-25)24-16-10-20(29-3)19(28-2)8-14(16)6-7-26(23)24/h4-5,8-10H,6-7,12H2,1-3H3. The van der Waals surface area contributed by atoms with Crippen molar-refractivity contribution in [2.24, 2.45) is 0 Å². The first-order valence-electron chi connectivity index (χ1n) is 9.90. The Morgan fingerprint density at radius 2 is 1.84 bits per heavy atom. The third-order valence-corrected chi connectivity index (χ3v) is 5.84. The van der Waals surface area contributed by atoms with E-state index in [1.165, 1.54) is 6.92 Å². The third-order valence-electron chi connectivity index (χ3n) is 5.84. The van der Waals surface area contributed by atoms with E-state index in [4.69, 9.17) is 18.9 Å². The molecular formula is C24H20N2O5. The molecule has 5 rings (SSSR count). The van der Waals surface area contributed by atoms with Gasteiger partial charge in [-0.25, -0.2) is 0 Å². The van der Waals surface area contributed by atoms with Crippen molar-refractivity contribution in [3.63, 3.8) is 0 Å². The van der Waals surface area contributed by atoms with E-state index in [9.17, 15) is 10.1 Å². The van der Waals surface area contributed by atoms with Gasteiger partial charge in [0.25, 0.3) is 0 Å². The van der Waals surface area contributed by atoms with Crippen LogP contribution in [0.25, 0.3) is 22.4 Å². The molecule has 2 aliphatic rings. The van der Waals surface area contributed by atoms with Crippen molar-refractivity contribution in [1.29, 1.82) is 5.26 Å². The summed E-state index contributed by atoms with van der Waals surface area (Å²) in [6.07, 6.45) is 0.711. The third kappa shape index (κ3) is 2.76. The van der Waals surface area contributed by atoms with Crippen molar-refractivity contribution >= 4 is 5.78 Å².